The van der Waals surface area contributed by atoms with Gasteiger partial charge < -0.3 is 4.42 Å². The van der Waals surface area contributed by atoms with E-state index in [4.69, 9.17) is 4.42 Å². The van der Waals surface area contributed by atoms with Gasteiger partial charge in [0.2, 0.25) is 0 Å². The quantitative estimate of drug-likeness (QED) is 0.704. The highest BCUT2D eigenvalue weighted by atomic mass is 32.2. The third kappa shape index (κ3) is 3.32. The maximum Gasteiger partial charge on any atom is 0.271 e. The minimum atomic E-state index is -3.73. The lowest BCUT2D eigenvalue weighted by Gasteiger charge is -2.21. The van der Waals surface area contributed by atoms with E-state index in [1.54, 1.807) is 12.3 Å². The number of nitrogens with zero attached hydrogens (tertiary/aromatic N) is 1. The highest BCUT2D eigenvalue weighted by molar-refractivity contribution is 7.94. The number of hydrogen-bond acceptors (Lipinski definition) is 5. The Bertz CT molecular complexity index is 989. The molecule has 1 aromatic carbocycles. The van der Waals surface area contributed by atoms with Crippen LogP contribution in [0.2, 0.25) is 0 Å². The van der Waals surface area contributed by atoms with Crippen molar-refractivity contribution in [3.05, 3.63) is 54.3 Å². The van der Waals surface area contributed by atoms with Gasteiger partial charge in [0.05, 0.1) is 11.1 Å². The van der Waals surface area contributed by atoms with E-state index in [9.17, 15) is 12.8 Å². The number of nitrogens with one attached hydrogen (secondary N) is 1. The standard InChI is InChI=1S/C17H15FN2O3S2/c18-12-4-6-13(7-5-12)20-25(21,22)16-9-8-15(24-16)14-10-19-17(23-14)11-2-1-3-11/h4-11,20H,1-3H2. The van der Waals surface area contributed by atoms with Gasteiger partial charge in [-0.15, -0.1) is 11.3 Å². The first kappa shape index (κ1) is 16.3. The summed E-state index contributed by atoms with van der Waals surface area (Å²) >= 11 is 1.11. The zero-order chi connectivity index (χ0) is 17.4. The van der Waals surface area contributed by atoms with Crippen molar-refractivity contribution < 1.29 is 17.2 Å². The molecule has 0 spiro atoms. The molecule has 0 radical (unpaired) electrons. The lowest BCUT2D eigenvalue weighted by Crippen LogP contribution is -2.11. The normalized spacial score (nSPS) is 15.1. The van der Waals surface area contributed by atoms with Crippen molar-refractivity contribution >= 4 is 27.0 Å². The van der Waals surface area contributed by atoms with Crippen LogP contribution < -0.4 is 4.72 Å². The fraction of sp³-hybridized carbons (Fsp3) is 0.235. The minimum absolute atomic E-state index is 0.161. The number of benzene rings is 1. The van der Waals surface area contributed by atoms with Gasteiger partial charge in [-0.1, -0.05) is 6.42 Å². The summed E-state index contributed by atoms with van der Waals surface area (Å²) in [7, 11) is -3.73. The number of oxazole rings is 1. The fourth-order valence-electron chi connectivity index (χ4n) is 2.57. The van der Waals surface area contributed by atoms with E-state index >= 15 is 0 Å². The Morgan fingerprint density at radius 1 is 1.16 bits per heavy atom. The van der Waals surface area contributed by atoms with Gasteiger partial charge in [-0.25, -0.2) is 17.8 Å². The molecule has 0 atom stereocenters. The number of sulfonamides is 1. The van der Waals surface area contributed by atoms with Crippen LogP contribution in [-0.4, -0.2) is 13.4 Å². The van der Waals surface area contributed by atoms with Crippen LogP contribution in [0.4, 0.5) is 10.1 Å². The molecule has 8 heteroatoms. The highest BCUT2D eigenvalue weighted by Crippen LogP contribution is 2.38. The van der Waals surface area contributed by atoms with Gasteiger partial charge >= 0.3 is 0 Å². The number of thiophene rings is 1. The number of anilines is 1. The van der Waals surface area contributed by atoms with Crippen molar-refractivity contribution in [2.45, 2.75) is 29.4 Å². The molecule has 130 valence electrons. The summed E-state index contributed by atoms with van der Waals surface area (Å²) in [6.45, 7) is 0. The zero-order valence-electron chi connectivity index (χ0n) is 13.1. The van der Waals surface area contributed by atoms with E-state index in [0.717, 1.165) is 30.1 Å². The summed E-state index contributed by atoms with van der Waals surface area (Å²) in [5, 5.41) is 0. The van der Waals surface area contributed by atoms with Crippen molar-refractivity contribution in [2.75, 3.05) is 4.72 Å². The first-order chi connectivity index (χ1) is 12.0. The summed E-state index contributed by atoms with van der Waals surface area (Å²) in [5.74, 6) is 1.27. The molecule has 1 fully saturated rings. The minimum Gasteiger partial charge on any atom is -0.440 e. The predicted octanol–water partition coefficient (Wildman–Crippen LogP) is 4.61. The maximum atomic E-state index is 12.9. The molecule has 0 aliphatic heterocycles. The maximum absolute atomic E-state index is 12.9. The Balaban J connectivity index is 1.55. The second-order valence-electron chi connectivity index (χ2n) is 5.92. The number of aromatic nitrogens is 1. The Labute approximate surface area is 148 Å². The SMILES string of the molecule is O=S(=O)(Nc1ccc(F)cc1)c1ccc(-c2cnc(C3CCC3)o2)s1. The molecule has 1 aliphatic carbocycles. The molecule has 1 N–H and O–H groups in total. The van der Waals surface area contributed by atoms with E-state index in [0.29, 0.717) is 22.2 Å². The van der Waals surface area contributed by atoms with Crippen LogP contribution in [0, 0.1) is 5.82 Å². The van der Waals surface area contributed by atoms with Crippen LogP contribution >= 0.6 is 11.3 Å². The first-order valence-corrected chi connectivity index (χ1v) is 10.2. The van der Waals surface area contributed by atoms with Crippen LogP contribution in [0.3, 0.4) is 0 Å². The molecule has 1 aliphatic rings. The molecule has 0 amide bonds. The predicted molar refractivity (Wildman–Crippen MR) is 93.6 cm³/mol. The Morgan fingerprint density at radius 3 is 2.60 bits per heavy atom. The van der Waals surface area contributed by atoms with Gasteiger partial charge in [0, 0.05) is 11.6 Å². The van der Waals surface area contributed by atoms with Crippen LogP contribution in [0.15, 0.2) is 51.2 Å². The number of halogens is 1. The van der Waals surface area contributed by atoms with Gasteiger partial charge in [0.25, 0.3) is 10.0 Å². The lowest BCUT2D eigenvalue weighted by atomic mass is 9.85. The average molecular weight is 378 g/mol. The second-order valence-corrected chi connectivity index (χ2v) is 8.91. The van der Waals surface area contributed by atoms with E-state index in [-0.39, 0.29) is 4.21 Å². The van der Waals surface area contributed by atoms with Gasteiger partial charge in [-0.3, -0.25) is 4.72 Å². The first-order valence-electron chi connectivity index (χ1n) is 7.85. The molecule has 2 aromatic heterocycles. The third-order valence-electron chi connectivity index (χ3n) is 4.16. The van der Waals surface area contributed by atoms with E-state index in [1.807, 2.05) is 0 Å². The highest BCUT2D eigenvalue weighted by Gasteiger charge is 2.25. The molecule has 5 nitrogen and oxygen atoms in total. The molecular formula is C17H15FN2O3S2. The Hall–Kier alpha value is -2.19. The average Bonchev–Trinajstić information content (AvgIpc) is 3.17. The summed E-state index contributed by atoms with van der Waals surface area (Å²) in [5.41, 5.74) is 0.309. The monoisotopic (exact) mass is 378 g/mol. The molecule has 1 saturated carbocycles. The van der Waals surface area contributed by atoms with E-state index in [1.165, 1.54) is 36.8 Å². The summed E-state index contributed by atoms with van der Waals surface area (Å²) in [4.78, 5) is 5.01. The molecule has 4 rings (SSSR count). The van der Waals surface area contributed by atoms with Crippen molar-refractivity contribution in [1.29, 1.82) is 0 Å². The zero-order valence-corrected chi connectivity index (χ0v) is 14.7. The molecule has 0 unspecified atom stereocenters. The topological polar surface area (TPSA) is 72.2 Å². The molecule has 25 heavy (non-hydrogen) atoms. The van der Waals surface area contributed by atoms with Crippen molar-refractivity contribution in [2.24, 2.45) is 0 Å². The number of hydrogen-bond donors (Lipinski definition) is 1. The van der Waals surface area contributed by atoms with Crippen molar-refractivity contribution in [3.63, 3.8) is 0 Å². The summed E-state index contributed by atoms with van der Waals surface area (Å²) in [6.07, 6.45) is 5.01. The molecule has 0 bridgehead atoms. The van der Waals surface area contributed by atoms with E-state index in [2.05, 4.69) is 9.71 Å². The smallest absolute Gasteiger partial charge is 0.271 e. The summed E-state index contributed by atoms with van der Waals surface area (Å²) < 4.78 is 46.2. The van der Waals surface area contributed by atoms with Gasteiger partial charge in [-0.05, 0) is 49.2 Å². The third-order valence-corrected chi connectivity index (χ3v) is 7.14. The van der Waals surface area contributed by atoms with Gasteiger partial charge in [-0.2, -0.15) is 0 Å². The Kier molecular flexibility index (Phi) is 4.09. The van der Waals surface area contributed by atoms with E-state index < -0.39 is 15.8 Å². The van der Waals surface area contributed by atoms with Gasteiger partial charge in [0.15, 0.2) is 11.7 Å². The molecular weight excluding hydrogens is 363 g/mol. The fourth-order valence-corrected chi connectivity index (χ4v) is 4.88. The van der Waals surface area contributed by atoms with Crippen molar-refractivity contribution in [1.82, 2.24) is 4.98 Å². The molecule has 0 saturated heterocycles. The van der Waals surface area contributed by atoms with Crippen LogP contribution in [-0.2, 0) is 10.0 Å². The summed E-state index contributed by atoms with van der Waals surface area (Å²) in [6, 6.07) is 8.39. The van der Waals surface area contributed by atoms with Crippen LogP contribution in [0.5, 0.6) is 0 Å². The largest absolute Gasteiger partial charge is 0.440 e. The van der Waals surface area contributed by atoms with Crippen LogP contribution in [0.25, 0.3) is 10.6 Å². The van der Waals surface area contributed by atoms with Crippen molar-refractivity contribution in [3.8, 4) is 10.6 Å². The van der Waals surface area contributed by atoms with Crippen LogP contribution in [0.1, 0.15) is 31.1 Å². The molecule has 3 aromatic rings. The lowest BCUT2D eigenvalue weighted by molar-refractivity contribution is 0.338. The second kappa shape index (κ2) is 6.27. The molecule has 2 heterocycles. The Morgan fingerprint density at radius 2 is 1.92 bits per heavy atom. The van der Waals surface area contributed by atoms with Gasteiger partial charge in [0.1, 0.15) is 10.0 Å². The number of rotatable bonds is 5.